The van der Waals surface area contributed by atoms with Crippen LogP contribution in [0.25, 0.3) is 0 Å². The minimum atomic E-state index is -0.733. The number of hydrogen-bond donors (Lipinski definition) is 2. The fourth-order valence-electron chi connectivity index (χ4n) is 1.40. The molecule has 0 aliphatic heterocycles. The van der Waals surface area contributed by atoms with E-state index in [4.69, 9.17) is 0 Å². The van der Waals surface area contributed by atoms with Crippen molar-refractivity contribution in [3.63, 3.8) is 0 Å². The number of halogens is 3. The predicted octanol–water partition coefficient (Wildman–Crippen LogP) is 3.44. The summed E-state index contributed by atoms with van der Waals surface area (Å²) in [4.78, 5) is 11.8. The first kappa shape index (κ1) is 15.9. The maximum absolute atomic E-state index is 13.5. The first-order chi connectivity index (χ1) is 8.85. The number of carbonyl (C=O) groups is 1. The Kier molecular flexibility index (Phi) is 5.72. The van der Waals surface area contributed by atoms with E-state index in [0.717, 1.165) is 12.5 Å². The molecule has 0 bridgehead atoms. The number of hydrogen-bond acceptors (Lipinski definition) is 2. The maximum atomic E-state index is 13.5. The zero-order chi connectivity index (χ0) is 14.6. The Bertz CT molecular complexity index is 468. The normalized spacial score (nSPS) is 13.8. The Hall–Kier alpha value is -1.17. The summed E-state index contributed by atoms with van der Waals surface area (Å²) in [6, 6.07) is 1.49. The lowest BCUT2D eigenvalue weighted by atomic mass is 10.2. The molecule has 0 aromatic heterocycles. The summed E-state index contributed by atoms with van der Waals surface area (Å²) in [6.45, 7) is 5.47. The number of amides is 1. The van der Waals surface area contributed by atoms with Crippen LogP contribution in [-0.2, 0) is 4.79 Å². The van der Waals surface area contributed by atoms with E-state index in [1.165, 1.54) is 6.07 Å². The largest absolute Gasteiger partial charge is 0.371 e. The highest BCUT2D eigenvalue weighted by molar-refractivity contribution is 9.10. The molecule has 1 aromatic carbocycles. The van der Waals surface area contributed by atoms with Crippen LogP contribution in [-0.4, -0.2) is 18.0 Å². The molecule has 2 N–H and O–H groups in total. The third kappa shape index (κ3) is 4.45. The van der Waals surface area contributed by atoms with Gasteiger partial charge in [0.1, 0.15) is 17.7 Å². The van der Waals surface area contributed by atoms with Gasteiger partial charge in [0, 0.05) is 12.1 Å². The summed E-state index contributed by atoms with van der Waals surface area (Å²) in [5, 5.41) is 5.51. The lowest BCUT2D eigenvalue weighted by Crippen LogP contribution is -2.42. The number of anilines is 1. The minimum absolute atomic E-state index is 0.0570. The molecule has 2 atom stereocenters. The average molecular weight is 335 g/mol. The van der Waals surface area contributed by atoms with Crippen LogP contribution in [0.3, 0.4) is 0 Å². The number of benzene rings is 1. The lowest BCUT2D eigenvalue weighted by molar-refractivity contribution is -0.122. The molecule has 1 rings (SSSR count). The van der Waals surface area contributed by atoms with Gasteiger partial charge in [0.15, 0.2) is 0 Å². The highest BCUT2D eigenvalue weighted by atomic mass is 79.9. The second kappa shape index (κ2) is 6.84. The monoisotopic (exact) mass is 334 g/mol. The van der Waals surface area contributed by atoms with Crippen molar-refractivity contribution in [1.29, 1.82) is 0 Å². The first-order valence-electron chi connectivity index (χ1n) is 6.06. The summed E-state index contributed by atoms with van der Waals surface area (Å²) < 4.78 is 26.8. The highest BCUT2D eigenvalue weighted by Gasteiger charge is 2.17. The molecule has 6 heteroatoms. The molecule has 19 heavy (non-hydrogen) atoms. The second-order valence-electron chi connectivity index (χ2n) is 4.43. The van der Waals surface area contributed by atoms with Crippen molar-refractivity contribution in [2.24, 2.45) is 0 Å². The van der Waals surface area contributed by atoms with Crippen molar-refractivity contribution in [2.45, 2.75) is 39.3 Å². The van der Waals surface area contributed by atoms with Crippen molar-refractivity contribution < 1.29 is 13.6 Å². The molecule has 2 unspecified atom stereocenters. The van der Waals surface area contributed by atoms with Gasteiger partial charge in [-0.25, -0.2) is 8.78 Å². The van der Waals surface area contributed by atoms with Gasteiger partial charge in [-0.2, -0.15) is 0 Å². The van der Waals surface area contributed by atoms with Crippen molar-refractivity contribution in [3.05, 3.63) is 28.2 Å². The molecular weight excluding hydrogens is 318 g/mol. The molecular formula is C13H17BrF2N2O. The van der Waals surface area contributed by atoms with Gasteiger partial charge in [-0.05, 0) is 42.3 Å². The van der Waals surface area contributed by atoms with Crippen LogP contribution in [0.1, 0.15) is 27.2 Å². The smallest absolute Gasteiger partial charge is 0.242 e. The molecule has 3 nitrogen and oxygen atoms in total. The molecule has 0 spiro atoms. The molecule has 0 saturated heterocycles. The molecule has 1 amide bonds. The minimum Gasteiger partial charge on any atom is -0.371 e. The van der Waals surface area contributed by atoms with E-state index in [9.17, 15) is 13.6 Å². The van der Waals surface area contributed by atoms with Gasteiger partial charge in [0.2, 0.25) is 5.91 Å². The quantitative estimate of drug-likeness (QED) is 0.810. The van der Waals surface area contributed by atoms with Crippen LogP contribution in [0, 0.1) is 11.6 Å². The fraction of sp³-hybridized carbons (Fsp3) is 0.462. The second-order valence-corrected chi connectivity index (χ2v) is 5.28. The average Bonchev–Trinajstić information content (AvgIpc) is 2.35. The van der Waals surface area contributed by atoms with Crippen LogP contribution >= 0.6 is 15.9 Å². The van der Waals surface area contributed by atoms with Crippen LogP contribution in [0.5, 0.6) is 0 Å². The Morgan fingerprint density at radius 3 is 2.53 bits per heavy atom. The summed E-state index contributed by atoms with van der Waals surface area (Å²) >= 11 is 2.98. The lowest BCUT2D eigenvalue weighted by Gasteiger charge is -2.18. The van der Waals surface area contributed by atoms with E-state index in [1.807, 2.05) is 13.8 Å². The number of rotatable bonds is 5. The van der Waals surface area contributed by atoms with Crippen molar-refractivity contribution >= 4 is 27.5 Å². The molecule has 0 radical (unpaired) electrons. The Labute approximate surface area is 119 Å². The SMILES string of the molecule is CCC(C)NC(=O)C(C)Nc1cc(Br)c(F)cc1F. The summed E-state index contributed by atoms with van der Waals surface area (Å²) in [5.74, 6) is -1.64. The summed E-state index contributed by atoms with van der Waals surface area (Å²) in [5.41, 5.74) is 0.0834. The van der Waals surface area contributed by atoms with Gasteiger partial charge in [0.05, 0.1) is 10.2 Å². The summed E-state index contributed by atoms with van der Waals surface area (Å²) in [6.07, 6.45) is 0.814. The van der Waals surface area contributed by atoms with Crippen LogP contribution in [0.2, 0.25) is 0 Å². The van der Waals surface area contributed by atoms with E-state index in [2.05, 4.69) is 26.6 Å². The van der Waals surface area contributed by atoms with Crippen molar-refractivity contribution in [1.82, 2.24) is 5.32 Å². The van der Waals surface area contributed by atoms with Crippen molar-refractivity contribution in [2.75, 3.05) is 5.32 Å². The molecule has 0 aliphatic rings. The molecule has 106 valence electrons. The zero-order valence-corrected chi connectivity index (χ0v) is 12.6. The number of carbonyl (C=O) groups excluding carboxylic acids is 1. The van der Waals surface area contributed by atoms with Gasteiger partial charge in [0.25, 0.3) is 0 Å². The van der Waals surface area contributed by atoms with Gasteiger partial charge >= 0.3 is 0 Å². The highest BCUT2D eigenvalue weighted by Crippen LogP contribution is 2.24. The molecule has 0 aliphatic carbocycles. The maximum Gasteiger partial charge on any atom is 0.242 e. The van der Waals surface area contributed by atoms with Crippen LogP contribution in [0.15, 0.2) is 16.6 Å². The third-order valence-electron chi connectivity index (χ3n) is 2.78. The third-order valence-corrected chi connectivity index (χ3v) is 3.38. The van der Waals surface area contributed by atoms with E-state index in [1.54, 1.807) is 6.92 Å². The van der Waals surface area contributed by atoms with Crippen LogP contribution in [0.4, 0.5) is 14.5 Å². The van der Waals surface area contributed by atoms with Gasteiger partial charge in [-0.1, -0.05) is 6.92 Å². The Morgan fingerprint density at radius 2 is 1.95 bits per heavy atom. The van der Waals surface area contributed by atoms with Gasteiger partial charge in [-0.15, -0.1) is 0 Å². The van der Waals surface area contributed by atoms with E-state index >= 15 is 0 Å². The van der Waals surface area contributed by atoms with Crippen LogP contribution < -0.4 is 10.6 Å². The van der Waals surface area contributed by atoms with E-state index < -0.39 is 17.7 Å². The zero-order valence-electron chi connectivity index (χ0n) is 11.1. The standard InChI is InChI=1S/C13H17BrF2N2O/c1-4-7(2)17-13(19)8(3)18-12-5-9(14)10(15)6-11(12)16/h5-8,18H,4H2,1-3H3,(H,17,19). The Morgan fingerprint density at radius 1 is 1.32 bits per heavy atom. The van der Waals surface area contributed by atoms with Gasteiger partial charge < -0.3 is 10.6 Å². The molecule has 0 heterocycles. The van der Waals surface area contributed by atoms with Crippen molar-refractivity contribution in [3.8, 4) is 0 Å². The first-order valence-corrected chi connectivity index (χ1v) is 6.85. The van der Waals surface area contributed by atoms with E-state index in [-0.39, 0.29) is 22.1 Å². The van der Waals surface area contributed by atoms with Gasteiger partial charge in [-0.3, -0.25) is 4.79 Å². The topological polar surface area (TPSA) is 41.1 Å². The predicted molar refractivity (Wildman–Crippen MR) is 75.0 cm³/mol. The van der Waals surface area contributed by atoms with E-state index in [0.29, 0.717) is 0 Å². The molecule has 1 aromatic rings. The molecule has 0 saturated carbocycles. The Balaban J connectivity index is 2.74. The number of nitrogens with one attached hydrogen (secondary N) is 2. The summed E-state index contributed by atoms with van der Waals surface area (Å²) in [7, 11) is 0. The molecule has 0 fully saturated rings. The fourth-order valence-corrected chi connectivity index (χ4v) is 1.75.